The third-order valence-corrected chi connectivity index (χ3v) is 23.9. The lowest BCUT2D eigenvalue weighted by molar-refractivity contribution is 1.19. The standard InChI is InChI=1S/C120H90N4/c1-84-22-60-109(61-23-84)121(117-72-56-93-14-4-7-17-104(93)80-117)111-64-48-100(49-65-111)96-39-28-87(29-40-96)24-25-88-30-41-97(42-31-88)101-50-66-112(67-51-101)122(118-73-57-94-15-5-8-18-105(94)81-118)110-62-37-91(38-63-110)78-92-36-47-108-83-120(75-59-107(108)79-92)124(116-21-11-13-86(3)77-116)114-70-54-103(55-71-114)99-45-34-90(35-46-99)27-26-89-32-43-98(44-33-89)102-52-68-113(69-53-102)123(115-20-10-12-85(2)76-115)119-74-58-95-16-6-9-19-106(95)82-119/h4-77,79-83H,78H2,1-3H3. The Morgan fingerprint density at radius 2 is 0.371 bits per heavy atom. The van der Waals surface area contributed by atoms with Crippen molar-refractivity contribution in [3.05, 3.63) is 505 Å². The molecule has 0 spiro atoms. The van der Waals surface area contributed by atoms with E-state index in [0.717, 1.165) is 102 Å². The summed E-state index contributed by atoms with van der Waals surface area (Å²) in [4.78, 5) is 9.43. The molecule has 20 aromatic rings. The molecule has 20 rings (SSSR count). The van der Waals surface area contributed by atoms with Gasteiger partial charge >= 0.3 is 0 Å². The molecule has 20 aromatic carbocycles. The van der Waals surface area contributed by atoms with Crippen LogP contribution < -0.4 is 19.6 Å². The van der Waals surface area contributed by atoms with Gasteiger partial charge in [0.25, 0.3) is 0 Å². The van der Waals surface area contributed by atoms with Gasteiger partial charge < -0.3 is 19.6 Å². The van der Waals surface area contributed by atoms with Crippen LogP contribution in [0.2, 0.25) is 0 Å². The monoisotopic (exact) mass is 1590 g/mol. The Morgan fingerprint density at radius 3 is 0.677 bits per heavy atom. The van der Waals surface area contributed by atoms with Crippen molar-refractivity contribution in [3.63, 3.8) is 0 Å². The Kier molecular flexibility index (Phi) is 21.3. The quantitative estimate of drug-likeness (QED) is 0.0627. The molecule has 0 atom stereocenters. The van der Waals surface area contributed by atoms with E-state index in [-0.39, 0.29) is 0 Å². The first kappa shape index (κ1) is 76.8. The molecule has 0 heterocycles. The summed E-state index contributed by atoms with van der Waals surface area (Å²) in [6.07, 6.45) is 9.60. The van der Waals surface area contributed by atoms with Crippen molar-refractivity contribution >= 4 is 136 Å². The summed E-state index contributed by atoms with van der Waals surface area (Å²) in [5.41, 5.74) is 33.5. The number of nitrogens with zero attached hydrogens (tertiary/aromatic N) is 4. The lowest BCUT2D eigenvalue weighted by atomic mass is 9.99. The van der Waals surface area contributed by atoms with Crippen LogP contribution >= 0.6 is 0 Å². The first-order valence-electron chi connectivity index (χ1n) is 42.7. The summed E-state index contributed by atoms with van der Waals surface area (Å²) in [6.45, 7) is 6.45. The maximum atomic E-state index is 2.37. The Hall–Kier alpha value is -15.9. The van der Waals surface area contributed by atoms with Gasteiger partial charge in [0.05, 0.1) is 0 Å². The first-order valence-corrected chi connectivity index (χ1v) is 42.7. The zero-order chi connectivity index (χ0) is 83.2. The highest BCUT2D eigenvalue weighted by atomic mass is 15.2. The van der Waals surface area contributed by atoms with Crippen LogP contribution in [0, 0.1) is 20.8 Å². The van der Waals surface area contributed by atoms with Crippen molar-refractivity contribution in [1.82, 2.24) is 0 Å². The minimum Gasteiger partial charge on any atom is -0.310 e. The number of benzene rings is 20. The highest BCUT2D eigenvalue weighted by molar-refractivity contribution is 5.95. The van der Waals surface area contributed by atoms with Gasteiger partial charge in [-0.3, -0.25) is 0 Å². The molecule has 0 aromatic heterocycles. The summed E-state index contributed by atoms with van der Waals surface area (Å²) in [5, 5.41) is 9.73. The van der Waals surface area contributed by atoms with Crippen molar-refractivity contribution < 1.29 is 0 Å². The molecule has 0 saturated carbocycles. The number of fused-ring (bicyclic) bond motifs is 4. The zero-order valence-corrected chi connectivity index (χ0v) is 69.6. The van der Waals surface area contributed by atoms with Gasteiger partial charge in [-0.25, -0.2) is 0 Å². The average molecular weight is 1590 g/mol. The van der Waals surface area contributed by atoms with Gasteiger partial charge in [0.2, 0.25) is 0 Å². The zero-order valence-electron chi connectivity index (χ0n) is 69.6. The molecule has 0 N–H and O–H groups in total. The summed E-state index contributed by atoms with van der Waals surface area (Å²) >= 11 is 0. The third kappa shape index (κ3) is 16.8. The number of anilines is 12. The Morgan fingerprint density at radius 1 is 0.153 bits per heavy atom. The van der Waals surface area contributed by atoms with Crippen molar-refractivity contribution in [2.45, 2.75) is 27.2 Å². The van der Waals surface area contributed by atoms with E-state index in [4.69, 9.17) is 0 Å². The molecule has 0 saturated heterocycles. The molecule has 0 radical (unpaired) electrons. The predicted octanol–water partition coefficient (Wildman–Crippen LogP) is 33.7. The number of rotatable bonds is 22. The molecule has 124 heavy (non-hydrogen) atoms. The minimum atomic E-state index is 0.807. The molecule has 0 amide bonds. The molecule has 4 nitrogen and oxygen atoms in total. The Bertz CT molecular complexity index is 7280. The van der Waals surface area contributed by atoms with E-state index >= 15 is 0 Å². The molecule has 4 heteroatoms. The summed E-state index contributed by atoms with van der Waals surface area (Å²) < 4.78 is 0. The highest BCUT2D eigenvalue weighted by Gasteiger charge is 2.20. The second-order valence-corrected chi connectivity index (χ2v) is 32.5. The fourth-order valence-electron chi connectivity index (χ4n) is 17.2. The van der Waals surface area contributed by atoms with Crippen LogP contribution in [0.1, 0.15) is 50.1 Å². The molecule has 0 bridgehead atoms. The summed E-state index contributed by atoms with van der Waals surface area (Å²) in [6, 6.07) is 166. The van der Waals surface area contributed by atoms with Crippen molar-refractivity contribution in [1.29, 1.82) is 0 Å². The summed E-state index contributed by atoms with van der Waals surface area (Å²) in [5.74, 6) is 0. The van der Waals surface area contributed by atoms with E-state index in [1.54, 1.807) is 0 Å². The van der Waals surface area contributed by atoms with Gasteiger partial charge in [-0.05, 0) is 305 Å². The molecular formula is C120H90N4. The minimum absolute atomic E-state index is 0.807. The summed E-state index contributed by atoms with van der Waals surface area (Å²) in [7, 11) is 0. The average Bonchev–Trinajstić information content (AvgIpc) is 0.797. The molecule has 590 valence electrons. The van der Waals surface area contributed by atoms with Crippen LogP contribution in [-0.2, 0) is 6.42 Å². The lowest BCUT2D eigenvalue weighted by Gasteiger charge is -2.26. The van der Waals surface area contributed by atoms with E-state index < -0.39 is 0 Å². The van der Waals surface area contributed by atoms with Gasteiger partial charge in [0, 0.05) is 68.2 Å². The maximum Gasteiger partial charge on any atom is 0.0468 e. The van der Waals surface area contributed by atoms with Crippen molar-refractivity contribution in [3.8, 4) is 44.5 Å². The number of hydrogen-bond acceptors (Lipinski definition) is 4. The van der Waals surface area contributed by atoms with E-state index in [9.17, 15) is 0 Å². The van der Waals surface area contributed by atoms with Gasteiger partial charge in [-0.1, -0.05) is 339 Å². The second-order valence-electron chi connectivity index (χ2n) is 32.5. The van der Waals surface area contributed by atoms with Crippen LogP contribution in [-0.4, -0.2) is 0 Å². The van der Waals surface area contributed by atoms with Crippen LogP contribution in [0.15, 0.2) is 455 Å². The fraction of sp³-hybridized carbons (Fsp3) is 0.0333. The molecule has 0 unspecified atom stereocenters. The second kappa shape index (κ2) is 34.5. The highest BCUT2D eigenvalue weighted by Crippen LogP contribution is 2.44. The van der Waals surface area contributed by atoms with Crippen LogP contribution in [0.25, 0.3) is 112 Å². The lowest BCUT2D eigenvalue weighted by Crippen LogP contribution is -2.10. The van der Waals surface area contributed by atoms with Crippen molar-refractivity contribution in [2.75, 3.05) is 19.6 Å². The van der Waals surface area contributed by atoms with Crippen LogP contribution in [0.3, 0.4) is 0 Å². The number of aryl methyl sites for hydroxylation is 3. The third-order valence-electron chi connectivity index (χ3n) is 23.9. The smallest absolute Gasteiger partial charge is 0.0468 e. The van der Waals surface area contributed by atoms with Gasteiger partial charge in [-0.2, -0.15) is 0 Å². The van der Waals surface area contributed by atoms with E-state index in [2.05, 4.69) is 520 Å². The largest absolute Gasteiger partial charge is 0.310 e. The molecule has 0 aliphatic heterocycles. The van der Waals surface area contributed by atoms with E-state index in [1.165, 1.54) is 110 Å². The van der Waals surface area contributed by atoms with E-state index in [1.807, 2.05) is 0 Å². The van der Waals surface area contributed by atoms with Gasteiger partial charge in [0.1, 0.15) is 0 Å². The maximum absolute atomic E-state index is 2.37. The van der Waals surface area contributed by atoms with Crippen molar-refractivity contribution in [2.24, 2.45) is 0 Å². The van der Waals surface area contributed by atoms with Gasteiger partial charge in [-0.15, -0.1) is 0 Å². The fourth-order valence-corrected chi connectivity index (χ4v) is 17.2. The molecule has 0 aliphatic carbocycles. The molecular weight excluding hydrogens is 1500 g/mol. The first-order chi connectivity index (χ1) is 61.1. The normalized spacial score (nSPS) is 11.5. The van der Waals surface area contributed by atoms with Crippen LogP contribution in [0.5, 0.6) is 0 Å². The number of hydrogen-bond donors (Lipinski definition) is 0. The topological polar surface area (TPSA) is 13.0 Å². The molecule has 0 fully saturated rings. The predicted molar refractivity (Wildman–Crippen MR) is 531 cm³/mol. The Balaban J connectivity index is 0.480. The van der Waals surface area contributed by atoms with Gasteiger partial charge in [0.15, 0.2) is 0 Å². The van der Waals surface area contributed by atoms with E-state index in [0.29, 0.717) is 0 Å². The Labute approximate surface area is 727 Å². The van der Waals surface area contributed by atoms with Crippen LogP contribution in [0.4, 0.5) is 68.2 Å². The SMILES string of the molecule is Cc1ccc(N(c2ccc(-c3ccc(C=Cc4ccc(-c5ccc(N(c6ccc(Cc7ccc8cc(N(c9ccc(-c%10ccc(C=Cc%11ccc(-c%12ccc(N(c%13cccc(C)c%13)c%13ccc%14ccccc%14c%13)cc%12)cc%11)cc%10)cc9)c9cccc(C)c9)ccc8c7)cc6)c6ccc7ccccc7c6)cc5)cc4)cc3)cc2)c2ccc3ccccc3c2)cc1. The molecule has 0 aliphatic rings.